The first-order valence-corrected chi connectivity index (χ1v) is 6.52. The minimum atomic E-state index is -0.963. The highest BCUT2D eigenvalue weighted by Gasteiger charge is 2.10. The quantitative estimate of drug-likeness (QED) is 0.773. The lowest BCUT2D eigenvalue weighted by Gasteiger charge is -2.09. The van der Waals surface area contributed by atoms with Crippen molar-refractivity contribution in [3.05, 3.63) is 65.7 Å². The van der Waals surface area contributed by atoms with Crippen LogP contribution in [0.25, 0.3) is 22.2 Å². The molecule has 0 spiro atoms. The van der Waals surface area contributed by atoms with Crippen LogP contribution in [0.5, 0.6) is 0 Å². The van der Waals surface area contributed by atoms with Gasteiger partial charge in [-0.3, -0.25) is 0 Å². The van der Waals surface area contributed by atoms with E-state index in [-0.39, 0.29) is 12.2 Å². The molecule has 4 heteroatoms. The van der Waals surface area contributed by atoms with Crippen LogP contribution >= 0.6 is 0 Å². The summed E-state index contributed by atoms with van der Waals surface area (Å²) in [7, 11) is 0. The van der Waals surface area contributed by atoms with E-state index in [9.17, 15) is 9.90 Å². The van der Waals surface area contributed by atoms with E-state index in [1.165, 1.54) is 12.1 Å². The molecule has 0 aliphatic carbocycles. The molecule has 4 nitrogen and oxygen atoms in total. The summed E-state index contributed by atoms with van der Waals surface area (Å²) in [5.74, 6) is -0.963. The number of para-hydroxylation sites is 1. The van der Waals surface area contributed by atoms with Gasteiger partial charge in [-0.25, -0.2) is 9.78 Å². The molecule has 2 N–H and O–H groups in total. The number of carboxylic acids is 1. The van der Waals surface area contributed by atoms with E-state index in [1.807, 2.05) is 30.3 Å². The fourth-order valence-corrected chi connectivity index (χ4v) is 2.30. The van der Waals surface area contributed by atoms with Crippen molar-refractivity contribution in [1.29, 1.82) is 0 Å². The summed E-state index contributed by atoms with van der Waals surface area (Å²) in [6.07, 6.45) is 0. The average molecular weight is 279 g/mol. The zero-order valence-corrected chi connectivity index (χ0v) is 11.2. The summed E-state index contributed by atoms with van der Waals surface area (Å²) in [6.45, 7) is -0.117. The molecule has 0 unspecified atom stereocenters. The fourth-order valence-electron chi connectivity index (χ4n) is 2.30. The maximum atomic E-state index is 10.9. The molecule has 104 valence electrons. The molecule has 0 aliphatic rings. The Morgan fingerprint density at radius 2 is 1.76 bits per heavy atom. The third-order valence-electron chi connectivity index (χ3n) is 3.38. The molecule has 0 radical (unpaired) electrons. The second-order valence-electron chi connectivity index (χ2n) is 4.73. The molecular weight excluding hydrogens is 266 g/mol. The van der Waals surface area contributed by atoms with Gasteiger partial charge in [-0.15, -0.1) is 0 Å². The third-order valence-corrected chi connectivity index (χ3v) is 3.38. The number of pyridine rings is 1. The van der Waals surface area contributed by atoms with Gasteiger partial charge in [0.25, 0.3) is 0 Å². The van der Waals surface area contributed by atoms with Gasteiger partial charge >= 0.3 is 5.97 Å². The molecule has 21 heavy (non-hydrogen) atoms. The minimum absolute atomic E-state index is 0.117. The first-order valence-electron chi connectivity index (χ1n) is 6.52. The summed E-state index contributed by atoms with van der Waals surface area (Å²) >= 11 is 0. The Bertz CT molecular complexity index is 810. The van der Waals surface area contributed by atoms with Crippen molar-refractivity contribution < 1.29 is 15.0 Å². The van der Waals surface area contributed by atoms with E-state index < -0.39 is 5.97 Å². The van der Waals surface area contributed by atoms with Crippen LogP contribution in [0.2, 0.25) is 0 Å². The minimum Gasteiger partial charge on any atom is -0.478 e. The molecule has 0 bridgehead atoms. The second kappa shape index (κ2) is 5.34. The molecule has 1 aromatic heterocycles. The van der Waals surface area contributed by atoms with E-state index in [1.54, 1.807) is 12.1 Å². The zero-order valence-electron chi connectivity index (χ0n) is 11.2. The highest BCUT2D eigenvalue weighted by atomic mass is 16.4. The number of hydrogen-bond donors (Lipinski definition) is 2. The van der Waals surface area contributed by atoms with E-state index in [0.717, 1.165) is 22.0 Å². The largest absolute Gasteiger partial charge is 0.478 e. The molecule has 0 fully saturated rings. The van der Waals surface area contributed by atoms with Crippen LogP contribution in [0.1, 0.15) is 15.9 Å². The Labute approximate surface area is 121 Å². The highest BCUT2D eigenvalue weighted by Crippen LogP contribution is 2.26. The number of aromatic carboxylic acids is 1. The van der Waals surface area contributed by atoms with E-state index >= 15 is 0 Å². The molecule has 3 rings (SSSR count). The Balaban J connectivity index is 2.16. The maximum Gasteiger partial charge on any atom is 0.335 e. The van der Waals surface area contributed by atoms with Crippen LogP contribution in [0.4, 0.5) is 0 Å². The monoisotopic (exact) mass is 279 g/mol. The van der Waals surface area contributed by atoms with Gasteiger partial charge in [-0.2, -0.15) is 0 Å². The number of fused-ring (bicyclic) bond motifs is 1. The molecule has 0 saturated heterocycles. The van der Waals surface area contributed by atoms with Crippen LogP contribution in [-0.4, -0.2) is 21.2 Å². The van der Waals surface area contributed by atoms with Crippen molar-refractivity contribution in [3.63, 3.8) is 0 Å². The van der Waals surface area contributed by atoms with Gasteiger partial charge in [0.2, 0.25) is 0 Å². The molecule has 2 aromatic carbocycles. The SMILES string of the molecule is O=C(O)c1ccc(-c2nc3ccccc3cc2CO)cc1. The number of carbonyl (C=O) groups is 1. The zero-order chi connectivity index (χ0) is 14.8. The van der Waals surface area contributed by atoms with Gasteiger partial charge in [-0.1, -0.05) is 30.3 Å². The highest BCUT2D eigenvalue weighted by molar-refractivity contribution is 5.89. The third kappa shape index (κ3) is 2.49. The number of rotatable bonds is 3. The molecule has 0 amide bonds. The van der Waals surface area contributed by atoms with Crippen molar-refractivity contribution in [2.75, 3.05) is 0 Å². The van der Waals surface area contributed by atoms with Crippen molar-refractivity contribution in [1.82, 2.24) is 4.98 Å². The molecular formula is C17H13NO3. The molecule has 0 aliphatic heterocycles. The number of benzene rings is 2. The first-order chi connectivity index (χ1) is 10.2. The van der Waals surface area contributed by atoms with Crippen LogP contribution in [0.3, 0.4) is 0 Å². The average Bonchev–Trinajstić information content (AvgIpc) is 2.53. The fraction of sp³-hybridized carbons (Fsp3) is 0.0588. The normalized spacial score (nSPS) is 10.7. The smallest absolute Gasteiger partial charge is 0.335 e. The topological polar surface area (TPSA) is 70.4 Å². The first kappa shape index (κ1) is 13.3. The van der Waals surface area contributed by atoms with Gasteiger partial charge in [0.1, 0.15) is 0 Å². The number of aliphatic hydroxyl groups excluding tert-OH is 1. The van der Waals surface area contributed by atoms with Gasteiger partial charge in [0, 0.05) is 16.5 Å². The van der Waals surface area contributed by atoms with Crippen LogP contribution in [-0.2, 0) is 6.61 Å². The standard InChI is InChI=1S/C17H13NO3/c19-10-14-9-13-3-1-2-4-15(13)18-16(14)11-5-7-12(8-6-11)17(20)21/h1-9,19H,10H2,(H,20,21). The Kier molecular flexibility index (Phi) is 3.38. The number of aromatic nitrogens is 1. The summed E-state index contributed by atoms with van der Waals surface area (Å²) in [5, 5.41) is 19.4. The van der Waals surface area contributed by atoms with Crippen LogP contribution in [0.15, 0.2) is 54.6 Å². The Hall–Kier alpha value is -2.72. The van der Waals surface area contributed by atoms with Gasteiger partial charge in [-0.05, 0) is 24.3 Å². The van der Waals surface area contributed by atoms with Crippen molar-refractivity contribution in [2.45, 2.75) is 6.61 Å². The number of aliphatic hydroxyl groups is 1. The van der Waals surface area contributed by atoms with Crippen molar-refractivity contribution in [2.24, 2.45) is 0 Å². The second-order valence-corrected chi connectivity index (χ2v) is 4.73. The maximum absolute atomic E-state index is 10.9. The van der Waals surface area contributed by atoms with Gasteiger partial charge < -0.3 is 10.2 Å². The summed E-state index contributed by atoms with van der Waals surface area (Å²) in [6, 6.07) is 16.1. The van der Waals surface area contributed by atoms with Gasteiger partial charge in [0.05, 0.1) is 23.4 Å². The van der Waals surface area contributed by atoms with Crippen molar-refractivity contribution in [3.8, 4) is 11.3 Å². The van der Waals surface area contributed by atoms with Crippen molar-refractivity contribution >= 4 is 16.9 Å². The number of carboxylic acid groups (broad SMARTS) is 1. The molecule has 1 heterocycles. The van der Waals surface area contributed by atoms with E-state index in [4.69, 9.17) is 5.11 Å². The van der Waals surface area contributed by atoms with E-state index in [0.29, 0.717) is 5.69 Å². The summed E-state index contributed by atoms with van der Waals surface area (Å²) in [5.41, 5.74) is 3.25. The molecule has 0 atom stereocenters. The summed E-state index contributed by atoms with van der Waals surface area (Å²) in [4.78, 5) is 15.5. The summed E-state index contributed by atoms with van der Waals surface area (Å²) < 4.78 is 0. The lowest BCUT2D eigenvalue weighted by molar-refractivity contribution is 0.0697. The molecule has 3 aromatic rings. The van der Waals surface area contributed by atoms with E-state index in [2.05, 4.69) is 4.98 Å². The van der Waals surface area contributed by atoms with Crippen LogP contribution in [0, 0.1) is 0 Å². The Morgan fingerprint density at radius 1 is 1.05 bits per heavy atom. The van der Waals surface area contributed by atoms with Gasteiger partial charge in [0.15, 0.2) is 0 Å². The predicted octanol–water partition coefficient (Wildman–Crippen LogP) is 3.09. The predicted molar refractivity (Wildman–Crippen MR) is 80.1 cm³/mol. The lowest BCUT2D eigenvalue weighted by Crippen LogP contribution is -1.97. The number of nitrogens with zero attached hydrogens (tertiary/aromatic N) is 1. The number of hydrogen-bond acceptors (Lipinski definition) is 3. The lowest BCUT2D eigenvalue weighted by atomic mass is 10.0. The molecule has 0 saturated carbocycles. The Morgan fingerprint density at radius 3 is 2.43 bits per heavy atom. The van der Waals surface area contributed by atoms with Crippen LogP contribution < -0.4 is 0 Å².